The van der Waals surface area contributed by atoms with Crippen molar-refractivity contribution in [2.75, 3.05) is 64.4 Å². The summed E-state index contributed by atoms with van der Waals surface area (Å²) in [6.45, 7) is 7.18. The Morgan fingerprint density at radius 2 is 1.88 bits per heavy atom. The highest BCUT2D eigenvalue weighted by molar-refractivity contribution is 6.30. The van der Waals surface area contributed by atoms with Gasteiger partial charge in [0, 0.05) is 57.1 Å². The minimum absolute atomic E-state index is 0.0773. The van der Waals surface area contributed by atoms with Crippen molar-refractivity contribution in [3.05, 3.63) is 29.3 Å². The molecule has 1 fully saturated rings. The Hall–Kier alpha value is -1.99. The van der Waals surface area contributed by atoms with Gasteiger partial charge in [-0.15, -0.1) is 0 Å². The number of piperazine rings is 1. The Morgan fingerprint density at radius 3 is 2.50 bits per heavy atom. The third-order valence-electron chi connectivity index (χ3n) is 4.20. The van der Waals surface area contributed by atoms with Gasteiger partial charge in [0.05, 0.1) is 13.2 Å². The van der Waals surface area contributed by atoms with Gasteiger partial charge in [-0.2, -0.15) is 0 Å². The number of nitrogens with zero attached hydrogens (tertiary/aromatic N) is 3. The van der Waals surface area contributed by atoms with Crippen molar-refractivity contribution in [3.8, 4) is 0 Å². The molecule has 0 radical (unpaired) electrons. The van der Waals surface area contributed by atoms with Gasteiger partial charge in [0.2, 0.25) is 5.91 Å². The van der Waals surface area contributed by atoms with Crippen LogP contribution >= 0.6 is 11.6 Å². The van der Waals surface area contributed by atoms with Crippen LogP contribution < -0.4 is 15.5 Å². The minimum Gasteiger partial charge on any atom is -0.380 e. The van der Waals surface area contributed by atoms with E-state index in [2.05, 4.69) is 20.5 Å². The van der Waals surface area contributed by atoms with E-state index in [1.165, 1.54) is 0 Å². The van der Waals surface area contributed by atoms with Crippen LogP contribution in [0.5, 0.6) is 0 Å². The van der Waals surface area contributed by atoms with E-state index in [4.69, 9.17) is 16.3 Å². The highest BCUT2D eigenvalue weighted by Gasteiger charge is 2.21. The van der Waals surface area contributed by atoms with Gasteiger partial charge in [0.15, 0.2) is 5.96 Å². The van der Waals surface area contributed by atoms with E-state index in [-0.39, 0.29) is 12.5 Å². The van der Waals surface area contributed by atoms with E-state index in [9.17, 15) is 4.79 Å². The van der Waals surface area contributed by atoms with Gasteiger partial charge < -0.3 is 25.2 Å². The third kappa shape index (κ3) is 6.38. The zero-order valence-corrected chi connectivity index (χ0v) is 16.3. The predicted molar refractivity (Wildman–Crippen MR) is 106 cm³/mol. The number of guanidine groups is 1. The van der Waals surface area contributed by atoms with Crippen LogP contribution in [0.25, 0.3) is 0 Å². The van der Waals surface area contributed by atoms with Gasteiger partial charge in [-0.05, 0) is 31.2 Å². The van der Waals surface area contributed by atoms with E-state index in [0.717, 1.165) is 23.8 Å². The molecule has 1 aromatic rings. The first-order valence-electron chi connectivity index (χ1n) is 8.94. The molecule has 2 rings (SSSR count). The molecule has 1 heterocycles. The second kappa shape index (κ2) is 10.9. The van der Waals surface area contributed by atoms with Gasteiger partial charge in [-0.3, -0.25) is 9.79 Å². The van der Waals surface area contributed by atoms with E-state index in [1.54, 1.807) is 7.05 Å². The van der Waals surface area contributed by atoms with Crippen molar-refractivity contribution in [2.24, 2.45) is 4.99 Å². The number of rotatable bonds is 7. The smallest absolute Gasteiger partial charge is 0.242 e. The molecule has 0 unspecified atom stereocenters. The van der Waals surface area contributed by atoms with Gasteiger partial charge in [-0.25, -0.2) is 0 Å². The van der Waals surface area contributed by atoms with Crippen molar-refractivity contribution in [3.63, 3.8) is 0 Å². The maximum Gasteiger partial charge on any atom is 0.242 e. The number of carbonyl (C=O) groups is 1. The summed E-state index contributed by atoms with van der Waals surface area (Å²) in [6.07, 6.45) is 0. The molecule has 0 atom stereocenters. The van der Waals surface area contributed by atoms with Gasteiger partial charge in [-0.1, -0.05) is 11.6 Å². The Morgan fingerprint density at radius 1 is 1.19 bits per heavy atom. The average molecular weight is 382 g/mol. The lowest BCUT2D eigenvalue weighted by atomic mass is 10.2. The Balaban J connectivity index is 1.71. The summed E-state index contributed by atoms with van der Waals surface area (Å²) in [7, 11) is 1.69. The Labute approximate surface area is 160 Å². The topological polar surface area (TPSA) is 69.2 Å². The molecule has 0 spiro atoms. The first kappa shape index (κ1) is 20.3. The van der Waals surface area contributed by atoms with Crippen molar-refractivity contribution in [2.45, 2.75) is 6.92 Å². The molecule has 8 heteroatoms. The van der Waals surface area contributed by atoms with Crippen molar-refractivity contribution >= 4 is 29.2 Å². The van der Waals surface area contributed by atoms with Crippen LogP contribution in [-0.2, 0) is 9.53 Å². The lowest BCUT2D eigenvalue weighted by molar-refractivity contribution is -0.130. The number of hydrogen-bond acceptors (Lipinski definition) is 4. The number of nitrogens with one attached hydrogen (secondary N) is 2. The first-order valence-corrected chi connectivity index (χ1v) is 9.32. The zero-order valence-electron chi connectivity index (χ0n) is 15.5. The average Bonchev–Trinajstić information content (AvgIpc) is 2.68. The Bertz CT molecular complexity index is 586. The van der Waals surface area contributed by atoms with Gasteiger partial charge >= 0.3 is 0 Å². The number of ether oxygens (including phenoxy) is 1. The molecule has 26 heavy (non-hydrogen) atoms. The van der Waals surface area contributed by atoms with Crippen molar-refractivity contribution in [1.29, 1.82) is 0 Å². The quantitative estimate of drug-likeness (QED) is 0.422. The summed E-state index contributed by atoms with van der Waals surface area (Å²) in [5.41, 5.74) is 1.14. The lowest BCUT2D eigenvalue weighted by Crippen LogP contribution is -2.52. The van der Waals surface area contributed by atoms with Crippen molar-refractivity contribution < 1.29 is 9.53 Å². The first-order chi connectivity index (χ1) is 12.6. The molecule has 1 aliphatic heterocycles. The molecule has 0 bridgehead atoms. The SMILES string of the molecule is CCOCCNC(=NC)NCC(=O)N1CCN(c2ccc(Cl)cc2)CC1. The van der Waals surface area contributed by atoms with E-state index < -0.39 is 0 Å². The van der Waals surface area contributed by atoms with Crippen LogP contribution in [-0.4, -0.2) is 76.3 Å². The van der Waals surface area contributed by atoms with Gasteiger partial charge in [0.1, 0.15) is 0 Å². The fourth-order valence-electron chi connectivity index (χ4n) is 2.74. The lowest BCUT2D eigenvalue weighted by Gasteiger charge is -2.36. The number of anilines is 1. The van der Waals surface area contributed by atoms with Crippen LogP contribution in [0.15, 0.2) is 29.3 Å². The summed E-state index contributed by atoms with van der Waals surface area (Å²) in [4.78, 5) is 20.7. The molecule has 0 saturated carbocycles. The summed E-state index contributed by atoms with van der Waals surface area (Å²) in [5, 5.41) is 6.91. The minimum atomic E-state index is 0.0773. The van der Waals surface area contributed by atoms with Gasteiger partial charge in [0.25, 0.3) is 0 Å². The van der Waals surface area contributed by atoms with Crippen LogP contribution in [0.2, 0.25) is 5.02 Å². The molecule has 2 N–H and O–H groups in total. The standard InChI is InChI=1S/C18H28ClN5O2/c1-3-26-13-8-21-18(20-2)22-14-17(25)24-11-9-23(10-12-24)16-6-4-15(19)5-7-16/h4-7H,3,8-14H2,1-2H3,(H2,20,21,22). The third-order valence-corrected chi connectivity index (χ3v) is 4.45. The second-order valence-corrected chi connectivity index (χ2v) is 6.33. The number of carbonyl (C=O) groups excluding carboxylic acids is 1. The van der Waals surface area contributed by atoms with E-state index in [1.807, 2.05) is 36.1 Å². The van der Waals surface area contributed by atoms with Crippen LogP contribution in [0.3, 0.4) is 0 Å². The maximum atomic E-state index is 12.4. The molecule has 7 nitrogen and oxygen atoms in total. The van der Waals surface area contributed by atoms with Crippen molar-refractivity contribution in [1.82, 2.24) is 15.5 Å². The number of aliphatic imine (C=N–C) groups is 1. The molecule has 144 valence electrons. The monoisotopic (exact) mass is 381 g/mol. The fraction of sp³-hybridized carbons (Fsp3) is 0.556. The van der Waals surface area contributed by atoms with Crippen LogP contribution in [0.1, 0.15) is 6.92 Å². The van der Waals surface area contributed by atoms with Crippen LogP contribution in [0, 0.1) is 0 Å². The maximum absolute atomic E-state index is 12.4. The number of benzene rings is 1. The summed E-state index contributed by atoms with van der Waals surface area (Å²) < 4.78 is 5.27. The molecule has 1 amide bonds. The molecule has 0 aromatic heterocycles. The fourth-order valence-corrected chi connectivity index (χ4v) is 2.87. The number of hydrogen-bond donors (Lipinski definition) is 2. The molecule has 1 aromatic carbocycles. The summed E-state index contributed by atoms with van der Waals surface area (Å²) in [6, 6.07) is 7.81. The number of amides is 1. The predicted octanol–water partition coefficient (Wildman–Crippen LogP) is 1.19. The molecular formula is C18H28ClN5O2. The molecule has 0 aliphatic carbocycles. The largest absolute Gasteiger partial charge is 0.380 e. The Kier molecular flexibility index (Phi) is 8.50. The highest BCUT2D eigenvalue weighted by atomic mass is 35.5. The normalized spacial score (nSPS) is 15.1. The van der Waals surface area contributed by atoms with E-state index >= 15 is 0 Å². The summed E-state index contributed by atoms with van der Waals surface area (Å²) >= 11 is 5.93. The highest BCUT2D eigenvalue weighted by Crippen LogP contribution is 2.19. The molecule has 1 aliphatic rings. The zero-order chi connectivity index (χ0) is 18.8. The van der Waals surface area contributed by atoms with E-state index in [0.29, 0.717) is 38.8 Å². The molecular weight excluding hydrogens is 354 g/mol. The second-order valence-electron chi connectivity index (χ2n) is 5.89. The summed E-state index contributed by atoms with van der Waals surface area (Å²) in [5.74, 6) is 0.686. The van der Waals surface area contributed by atoms with Crippen LogP contribution in [0.4, 0.5) is 5.69 Å². The number of halogens is 1. The molecule has 1 saturated heterocycles.